The van der Waals surface area contributed by atoms with Crippen LogP contribution in [-0.2, 0) is 0 Å². The Morgan fingerprint density at radius 2 is 1.13 bits per heavy atom. The molecular formula is C25H34N2O3S. The smallest absolute Gasteiger partial charge is 0.195 e. The van der Waals surface area contributed by atoms with Crippen molar-refractivity contribution in [3.05, 3.63) is 46.6 Å². The van der Waals surface area contributed by atoms with E-state index in [0.29, 0.717) is 13.2 Å². The van der Waals surface area contributed by atoms with Crippen LogP contribution in [0, 0.1) is 0 Å². The van der Waals surface area contributed by atoms with Crippen molar-refractivity contribution in [2.24, 2.45) is 0 Å². The number of rotatable bonds is 12. The van der Waals surface area contributed by atoms with Crippen molar-refractivity contribution in [1.82, 2.24) is 9.80 Å². The minimum atomic E-state index is 0.0631. The summed E-state index contributed by atoms with van der Waals surface area (Å²) in [6.45, 7) is 15.8. The summed E-state index contributed by atoms with van der Waals surface area (Å²) in [5.74, 6) is 1.61. The van der Waals surface area contributed by atoms with Crippen LogP contribution in [0.2, 0.25) is 0 Å². The van der Waals surface area contributed by atoms with Crippen molar-refractivity contribution in [3.8, 4) is 11.5 Å². The van der Waals surface area contributed by atoms with Gasteiger partial charge in [0.25, 0.3) is 0 Å². The molecule has 1 aromatic heterocycles. The van der Waals surface area contributed by atoms with Crippen LogP contribution in [0.25, 0.3) is 20.2 Å². The Balaban J connectivity index is 1.78. The summed E-state index contributed by atoms with van der Waals surface area (Å²) >= 11 is 1.61. The van der Waals surface area contributed by atoms with Crippen molar-refractivity contribution < 1.29 is 9.47 Å². The highest BCUT2D eigenvalue weighted by atomic mass is 32.1. The standard InChI is InChI=1S/C25H34N2O3S/c1-5-26(6-2)13-15-29-19-9-11-21-23(17-19)31-24-18-20(10-12-22(24)25(21)28)30-16-14-27(7-3)8-4/h9-12,17-18H,5-8,13-16H2,1-4H3. The molecule has 0 aliphatic rings. The maximum Gasteiger partial charge on any atom is 0.195 e. The van der Waals surface area contributed by atoms with Gasteiger partial charge in [0, 0.05) is 33.3 Å². The predicted octanol–water partition coefficient (Wildman–Crippen LogP) is 4.86. The summed E-state index contributed by atoms with van der Waals surface area (Å²) in [6.07, 6.45) is 0. The Morgan fingerprint density at radius 1 is 0.710 bits per heavy atom. The van der Waals surface area contributed by atoms with Crippen molar-refractivity contribution in [2.45, 2.75) is 27.7 Å². The molecule has 6 heteroatoms. The van der Waals surface area contributed by atoms with E-state index in [9.17, 15) is 4.79 Å². The molecule has 168 valence electrons. The van der Waals surface area contributed by atoms with Crippen LogP contribution >= 0.6 is 11.3 Å². The average Bonchev–Trinajstić information content (AvgIpc) is 2.79. The third kappa shape index (κ3) is 5.97. The maximum atomic E-state index is 13.0. The minimum Gasteiger partial charge on any atom is -0.492 e. The highest BCUT2D eigenvalue weighted by Crippen LogP contribution is 2.30. The second kappa shape index (κ2) is 11.5. The van der Waals surface area contributed by atoms with Crippen LogP contribution < -0.4 is 14.9 Å². The molecular weight excluding hydrogens is 408 g/mol. The Labute approximate surface area is 189 Å². The molecule has 0 amide bonds. The Morgan fingerprint density at radius 3 is 1.52 bits per heavy atom. The van der Waals surface area contributed by atoms with E-state index in [4.69, 9.17) is 9.47 Å². The number of hydrogen-bond acceptors (Lipinski definition) is 6. The molecule has 0 fully saturated rings. The first kappa shape index (κ1) is 23.5. The van der Waals surface area contributed by atoms with Crippen molar-refractivity contribution in [2.75, 3.05) is 52.5 Å². The van der Waals surface area contributed by atoms with Crippen LogP contribution in [0.1, 0.15) is 27.7 Å². The number of likely N-dealkylation sites (N-methyl/N-ethyl adjacent to an activating group) is 2. The first-order chi connectivity index (χ1) is 15.1. The molecule has 0 atom stereocenters. The quantitative estimate of drug-likeness (QED) is 0.375. The van der Waals surface area contributed by atoms with E-state index in [1.165, 1.54) is 0 Å². The summed E-state index contributed by atoms with van der Waals surface area (Å²) < 4.78 is 13.8. The number of ether oxygens (including phenoxy) is 2. The fraction of sp³-hybridized carbons (Fsp3) is 0.480. The molecule has 0 saturated heterocycles. The molecule has 31 heavy (non-hydrogen) atoms. The first-order valence-electron chi connectivity index (χ1n) is 11.3. The molecule has 0 aliphatic heterocycles. The monoisotopic (exact) mass is 442 g/mol. The Hall–Kier alpha value is -2.15. The van der Waals surface area contributed by atoms with Gasteiger partial charge in [0.15, 0.2) is 5.43 Å². The second-order valence-corrected chi connectivity index (χ2v) is 8.58. The van der Waals surface area contributed by atoms with Gasteiger partial charge in [0.1, 0.15) is 24.7 Å². The molecule has 5 nitrogen and oxygen atoms in total. The summed E-state index contributed by atoms with van der Waals surface area (Å²) in [7, 11) is 0. The topological polar surface area (TPSA) is 42.0 Å². The average molecular weight is 443 g/mol. The molecule has 0 aliphatic carbocycles. The molecule has 3 aromatic rings. The fourth-order valence-corrected chi connectivity index (χ4v) is 4.79. The normalized spacial score (nSPS) is 11.7. The zero-order valence-electron chi connectivity index (χ0n) is 19.1. The molecule has 0 radical (unpaired) electrons. The molecule has 1 heterocycles. The van der Waals surface area contributed by atoms with Crippen LogP contribution in [-0.4, -0.2) is 62.3 Å². The summed E-state index contributed by atoms with van der Waals surface area (Å²) in [4.78, 5) is 17.6. The Bertz CT molecular complexity index is 963. The summed E-state index contributed by atoms with van der Waals surface area (Å²) in [5, 5.41) is 1.48. The van der Waals surface area contributed by atoms with Crippen LogP contribution in [0.4, 0.5) is 0 Å². The summed E-state index contributed by atoms with van der Waals surface area (Å²) in [6, 6.07) is 11.5. The number of benzene rings is 2. The molecule has 0 bridgehead atoms. The van der Waals surface area contributed by atoms with Gasteiger partial charge in [-0.1, -0.05) is 27.7 Å². The maximum absolute atomic E-state index is 13.0. The van der Waals surface area contributed by atoms with E-state index in [1.54, 1.807) is 11.3 Å². The molecule has 0 N–H and O–H groups in total. The van der Waals surface area contributed by atoms with Gasteiger partial charge in [0.2, 0.25) is 0 Å². The van der Waals surface area contributed by atoms with Crippen LogP contribution in [0.3, 0.4) is 0 Å². The number of nitrogens with zero attached hydrogens (tertiary/aromatic N) is 2. The highest BCUT2D eigenvalue weighted by molar-refractivity contribution is 7.24. The van der Waals surface area contributed by atoms with Crippen molar-refractivity contribution >= 4 is 31.5 Å². The molecule has 2 aromatic carbocycles. The van der Waals surface area contributed by atoms with E-state index in [-0.39, 0.29) is 5.43 Å². The lowest BCUT2D eigenvalue weighted by Crippen LogP contribution is -2.27. The molecule has 0 spiro atoms. The molecule has 0 unspecified atom stereocenters. The highest BCUT2D eigenvalue weighted by Gasteiger charge is 2.09. The van der Waals surface area contributed by atoms with Gasteiger partial charge < -0.3 is 19.3 Å². The van der Waals surface area contributed by atoms with E-state index in [2.05, 4.69) is 37.5 Å². The third-order valence-corrected chi connectivity index (χ3v) is 6.87. The van der Waals surface area contributed by atoms with Crippen LogP contribution in [0.15, 0.2) is 41.2 Å². The van der Waals surface area contributed by atoms with Gasteiger partial charge in [0.05, 0.1) is 0 Å². The fourth-order valence-electron chi connectivity index (χ4n) is 3.66. The predicted molar refractivity (Wildman–Crippen MR) is 132 cm³/mol. The largest absolute Gasteiger partial charge is 0.492 e. The van der Waals surface area contributed by atoms with Gasteiger partial charge in [-0.15, -0.1) is 11.3 Å². The van der Waals surface area contributed by atoms with Gasteiger partial charge in [-0.3, -0.25) is 4.79 Å². The van der Waals surface area contributed by atoms with Gasteiger partial charge >= 0.3 is 0 Å². The van der Waals surface area contributed by atoms with Crippen molar-refractivity contribution in [1.29, 1.82) is 0 Å². The van der Waals surface area contributed by atoms with E-state index in [0.717, 1.165) is 70.9 Å². The number of fused-ring (bicyclic) bond motifs is 2. The minimum absolute atomic E-state index is 0.0631. The van der Waals surface area contributed by atoms with E-state index in [1.807, 2.05) is 36.4 Å². The lowest BCUT2D eigenvalue weighted by Gasteiger charge is -2.18. The van der Waals surface area contributed by atoms with E-state index >= 15 is 0 Å². The summed E-state index contributed by atoms with van der Waals surface area (Å²) in [5.41, 5.74) is 0.0631. The first-order valence-corrected chi connectivity index (χ1v) is 12.1. The zero-order valence-corrected chi connectivity index (χ0v) is 20.0. The molecule has 3 rings (SSSR count). The lowest BCUT2D eigenvalue weighted by molar-refractivity contribution is 0.223. The van der Waals surface area contributed by atoms with E-state index < -0.39 is 0 Å². The number of hydrogen-bond donors (Lipinski definition) is 0. The van der Waals surface area contributed by atoms with Gasteiger partial charge in [-0.05, 0) is 62.6 Å². The Kier molecular flexibility index (Phi) is 8.69. The van der Waals surface area contributed by atoms with Gasteiger partial charge in [-0.2, -0.15) is 0 Å². The van der Waals surface area contributed by atoms with Crippen molar-refractivity contribution in [3.63, 3.8) is 0 Å². The van der Waals surface area contributed by atoms with Gasteiger partial charge in [-0.25, -0.2) is 0 Å². The zero-order chi connectivity index (χ0) is 22.2. The third-order valence-electron chi connectivity index (χ3n) is 5.76. The molecule has 0 saturated carbocycles. The SMILES string of the molecule is CCN(CC)CCOc1ccc2c(=O)c3ccc(OCCN(CC)CC)cc3sc2c1. The second-order valence-electron chi connectivity index (χ2n) is 7.50. The lowest BCUT2D eigenvalue weighted by atomic mass is 10.2. The van der Waals surface area contributed by atoms with Crippen LogP contribution in [0.5, 0.6) is 11.5 Å².